The fourth-order valence-corrected chi connectivity index (χ4v) is 5.19. The maximum Gasteiger partial charge on any atom is 0.325 e. The van der Waals surface area contributed by atoms with Crippen molar-refractivity contribution < 1.29 is 27.5 Å². The van der Waals surface area contributed by atoms with E-state index < -0.39 is 38.8 Å². The third-order valence-corrected chi connectivity index (χ3v) is 5.99. The van der Waals surface area contributed by atoms with Crippen molar-refractivity contribution in [3.05, 3.63) is 27.1 Å². The molecular formula is C15H15Br2NO6S. The number of amides is 2. The van der Waals surface area contributed by atoms with Crippen LogP contribution < -0.4 is 4.90 Å². The number of nitrogens with zero attached hydrogens (tertiary/aromatic N) is 1. The predicted octanol–water partition coefficient (Wildman–Crippen LogP) is 2.07. The van der Waals surface area contributed by atoms with Gasteiger partial charge < -0.3 is 4.74 Å². The van der Waals surface area contributed by atoms with Crippen LogP contribution in [0.4, 0.5) is 5.69 Å². The molecule has 0 bridgehead atoms. The molecule has 0 radical (unpaired) electrons. The molecule has 0 aromatic heterocycles. The molecule has 2 atom stereocenters. The maximum absolute atomic E-state index is 12.7. The number of hydrogen-bond acceptors (Lipinski definition) is 6. The van der Waals surface area contributed by atoms with Crippen LogP contribution >= 0.6 is 31.9 Å². The number of esters is 1. The van der Waals surface area contributed by atoms with Gasteiger partial charge in [0.1, 0.15) is 0 Å². The first-order valence-corrected chi connectivity index (χ1v) is 10.8. The monoisotopic (exact) mass is 495 g/mol. The van der Waals surface area contributed by atoms with E-state index >= 15 is 0 Å². The molecule has 0 aliphatic carbocycles. The molecule has 1 aliphatic heterocycles. The Bertz CT molecular complexity index is 818. The second-order valence-electron chi connectivity index (χ2n) is 5.51. The highest BCUT2D eigenvalue weighted by Gasteiger charge is 2.50. The Labute approximate surface area is 161 Å². The number of anilines is 1. The molecule has 2 unspecified atom stereocenters. The van der Waals surface area contributed by atoms with Crippen molar-refractivity contribution in [2.45, 2.75) is 18.6 Å². The second kappa shape index (κ2) is 7.55. The molecule has 136 valence electrons. The van der Waals surface area contributed by atoms with E-state index in [1.807, 2.05) is 0 Å². The Balaban J connectivity index is 2.43. The summed E-state index contributed by atoms with van der Waals surface area (Å²) in [5.74, 6) is -3.64. The zero-order valence-electron chi connectivity index (χ0n) is 13.4. The Morgan fingerprint density at radius 1 is 1.28 bits per heavy atom. The third-order valence-electron chi connectivity index (χ3n) is 3.63. The molecule has 1 fully saturated rings. The SMILES string of the molecule is CCOC(=O)C(C1CC(=O)N(c2cc(Br)cc(Br)c2)C1=O)S(C)(=O)=O. The van der Waals surface area contributed by atoms with Crippen molar-refractivity contribution in [2.75, 3.05) is 17.8 Å². The summed E-state index contributed by atoms with van der Waals surface area (Å²) in [6.45, 7) is 1.51. The summed E-state index contributed by atoms with van der Waals surface area (Å²) in [7, 11) is -3.94. The van der Waals surface area contributed by atoms with Crippen molar-refractivity contribution in [3.8, 4) is 0 Å². The number of hydrogen-bond donors (Lipinski definition) is 0. The molecule has 0 N–H and O–H groups in total. The van der Waals surface area contributed by atoms with E-state index in [0.29, 0.717) is 8.95 Å². The summed E-state index contributed by atoms with van der Waals surface area (Å²) in [4.78, 5) is 38.1. The lowest BCUT2D eigenvalue weighted by atomic mass is 10.0. The van der Waals surface area contributed by atoms with Gasteiger partial charge in [-0.3, -0.25) is 19.3 Å². The van der Waals surface area contributed by atoms with Gasteiger partial charge in [-0.1, -0.05) is 31.9 Å². The number of imide groups is 1. The van der Waals surface area contributed by atoms with Crippen LogP contribution in [-0.4, -0.2) is 44.3 Å². The number of carbonyl (C=O) groups is 3. The third kappa shape index (κ3) is 4.29. The quantitative estimate of drug-likeness (QED) is 0.457. The Kier molecular flexibility index (Phi) is 6.05. The largest absolute Gasteiger partial charge is 0.465 e. The molecule has 1 aromatic carbocycles. The van der Waals surface area contributed by atoms with Crippen LogP contribution in [0.25, 0.3) is 0 Å². The molecule has 7 nitrogen and oxygen atoms in total. The summed E-state index contributed by atoms with van der Waals surface area (Å²) < 4.78 is 30.1. The van der Waals surface area contributed by atoms with Crippen LogP contribution in [-0.2, 0) is 29.0 Å². The highest BCUT2D eigenvalue weighted by atomic mass is 79.9. The lowest BCUT2D eigenvalue weighted by Gasteiger charge is -2.20. The minimum Gasteiger partial charge on any atom is -0.465 e. The minimum absolute atomic E-state index is 0.0258. The van der Waals surface area contributed by atoms with Crippen LogP contribution in [0.5, 0.6) is 0 Å². The molecule has 1 heterocycles. The molecule has 10 heteroatoms. The first kappa shape index (κ1) is 20.1. The molecule has 2 rings (SSSR count). The van der Waals surface area contributed by atoms with E-state index in [2.05, 4.69) is 31.9 Å². The lowest BCUT2D eigenvalue weighted by molar-refractivity contribution is -0.145. The number of rotatable bonds is 5. The number of ether oxygens (including phenoxy) is 1. The van der Waals surface area contributed by atoms with E-state index in [-0.39, 0.29) is 18.7 Å². The first-order valence-electron chi connectivity index (χ1n) is 7.24. The van der Waals surface area contributed by atoms with Gasteiger partial charge in [-0.15, -0.1) is 0 Å². The normalized spacial score (nSPS) is 19.2. The van der Waals surface area contributed by atoms with Gasteiger partial charge in [0.2, 0.25) is 11.8 Å². The van der Waals surface area contributed by atoms with Gasteiger partial charge in [-0.05, 0) is 25.1 Å². The molecule has 0 spiro atoms. The van der Waals surface area contributed by atoms with Gasteiger partial charge >= 0.3 is 5.97 Å². The van der Waals surface area contributed by atoms with Gasteiger partial charge in [-0.2, -0.15) is 0 Å². The van der Waals surface area contributed by atoms with Crippen LogP contribution in [0.3, 0.4) is 0 Å². The van der Waals surface area contributed by atoms with Crippen LogP contribution in [0.15, 0.2) is 27.1 Å². The second-order valence-corrected chi connectivity index (χ2v) is 9.51. The van der Waals surface area contributed by atoms with Crippen molar-refractivity contribution in [1.82, 2.24) is 0 Å². The van der Waals surface area contributed by atoms with E-state index in [9.17, 15) is 22.8 Å². The van der Waals surface area contributed by atoms with Gasteiger partial charge in [-0.25, -0.2) is 8.42 Å². The number of benzene rings is 1. The highest BCUT2D eigenvalue weighted by Crippen LogP contribution is 2.34. The fraction of sp³-hybridized carbons (Fsp3) is 0.400. The van der Waals surface area contributed by atoms with E-state index in [1.165, 1.54) is 6.92 Å². The molecular weight excluding hydrogens is 482 g/mol. The summed E-state index contributed by atoms with van der Waals surface area (Å²) in [6.07, 6.45) is 0.476. The van der Waals surface area contributed by atoms with E-state index in [1.54, 1.807) is 18.2 Å². The molecule has 1 aliphatic rings. The fourth-order valence-electron chi connectivity index (χ4n) is 2.69. The zero-order valence-corrected chi connectivity index (χ0v) is 17.4. The summed E-state index contributed by atoms with van der Waals surface area (Å²) in [6, 6.07) is 4.84. The Morgan fingerprint density at radius 3 is 2.32 bits per heavy atom. The standard InChI is InChI=1S/C15H15Br2NO6S/c1-3-24-15(21)13(25(2,22)23)11-7-12(19)18(14(11)20)10-5-8(16)4-9(17)6-10/h4-6,11,13H,3,7H2,1-2H3. The molecule has 0 saturated carbocycles. The minimum atomic E-state index is -3.94. The first-order chi connectivity index (χ1) is 11.6. The summed E-state index contributed by atoms with van der Waals surface area (Å²) >= 11 is 6.54. The topological polar surface area (TPSA) is 97.8 Å². The zero-order chi connectivity index (χ0) is 18.9. The average Bonchev–Trinajstić information content (AvgIpc) is 2.71. The van der Waals surface area contributed by atoms with Gasteiger partial charge in [0.05, 0.1) is 18.2 Å². The Morgan fingerprint density at radius 2 is 1.84 bits per heavy atom. The van der Waals surface area contributed by atoms with Crippen molar-refractivity contribution in [2.24, 2.45) is 5.92 Å². The van der Waals surface area contributed by atoms with Crippen molar-refractivity contribution in [3.63, 3.8) is 0 Å². The summed E-state index contributed by atoms with van der Waals surface area (Å²) in [5.41, 5.74) is 0.287. The average molecular weight is 497 g/mol. The number of carbonyl (C=O) groups excluding carboxylic acids is 3. The van der Waals surface area contributed by atoms with Crippen LogP contribution in [0.1, 0.15) is 13.3 Å². The van der Waals surface area contributed by atoms with Gasteiger partial charge in [0, 0.05) is 21.6 Å². The molecule has 25 heavy (non-hydrogen) atoms. The smallest absolute Gasteiger partial charge is 0.325 e. The van der Waals surface area contributed by atoms with Crippen LogP contribution in [0, 0.1) is 5.92 Å². The molecule has 2 amide bonds. The van der Waals surface area contributed by atoms with E-state index in [0.717, 1.165) is 11.2 Å². The summed E-state index contributed by atoms with van der Waals surface area (Å²) in [5, 5.41) is -1.70. The van der Waals surface area contributed by atoms with Gasteiger partial charge in [0.15, 0.2) is 15.1 Å². The van der Waals surface area contributed by atoms with Crippen molar-refractivity contribution in [1.29, 1.82) is 0 Å². The van der Waals surface area contributed by atoms with E-state index in [4.69, 9.17) is 4.74 Å². The lowest BCUT2D eigenvalue weighted by Crippen LogP contribution is -2.42. The predicted molar refractivity (Wildman–Crippen MR) is 97.7 cm³/mol. The molecule has 1 saturated heterocycles. The number of halogens is 2. The van der Waals surface area contributed by atoms with Gasteiger partial charge in [0.25, 0.3) is 0 Å². The molecule has 1 aromatic rings. The highest BCUT2D eigenvalue weighted by molar-refractivity contribution is 9.11. The Hall–Kier alpha value is -1.26. The number of sulfone groups is 1. The van der Waals surface area contributed by atoms with Crippen molar-refractivity contribution >= 4 is 65.2 Å². The maximum atomic E-state index is 12.7. The van der Waals surface area contributed by atoms with Crippen LogP contribution in [0.2, 0.25) is 0 Å².